The van der Waals surface area contributed by atoms with Gasteiger partial charge in [-0.05, 0) is 44.2 Å². The maximum absolute atomic E-state index is 12.0. The molecule has 0 bridgehead atoms. The molecule has 5 nitrogen and oxygen atoms in total. The zero-order chi connectivity index (χ0) is 16.9. The molecule has 1 aliphatic carbocycles. The lowest BCUT2D eigenvalue weighted by Crippen LogP contribution is -2.43. The van der Waals surface area contributed by atoms with Crippen molar-refractivity contribution in [1.29, 1.82) is 0 Å². The van der Waals surface area contributed by atoms with Gasteiger partial charge >= 0.3 is 0 Å². The number of nitrogens with one attached hydrogen (secondary N) is 1. The Balaban J connectivity index is 1.48. The predicted octanol–water partition coefficient (Wildman–Crippen LogP) is 2.73. The van der Waals surface area contributed by atoms with Crippen molar-refractivity contribution in [3.63, 3.8) is 0 Å². The molecule has 1 amide bonds. The van der Waals surface area contributed by atoms with Gasteiger partial charge in [0.05, 0.1) is 5.69 Å². The molecule has 2 heterocycles. The van der Waals surface area contributed by atoms with Crippen LogP contribution in [0.5, 0.6) is 0 Å². The van der Waals surface area contributed by atoms with Gasteiger partial charge in [-0.25, -0.2) is 9.97 Å². The maximum Gasteiger partial charge on any atom is 0.223 e. The Morgan fingerprint density at radius 2 is 2.17 bits per heavy atom. The summed E-state index contributed by atoms with van der Waals surface area (Å²) in [5, 5.41) is 3.17. The zero-order valence-corrected chi connectivity index (χ0v) is 15.0. The van der Waals surface area contributed by atoms with Crippen molar-refractivity contribution in [3.8, 4) is 0 Å². The van der Waals surface area contributed by atoms with E-state index in [1.165, 1.54) is 19.3 Å². The maximum atomic E-state index is 12.0. The standard InChI is InChI=1S/C19H30N4O/c1-14(2)18-20-9-8-17(22-18)13-23-10-4-5-15(12-23)11-21-19(24)16-6-3-7-16/h8-9,14-16H,3-7,10-13H2,1-2H3,(H,21,24)/t15-/m0/s1. The fourth-order valence-electron chi connectivity index (χ4n) is 3.53. The first kappa shape index (κ1) is 17.3. The third kappa shape index (κ3) is 4.53. The lowest BCUT2D eigenvalue weighted by Gasteiger charge is -2.33. The summed E-state index contributed by atoms with van der Waals surface area (Å²) in [6.07, 6.45) is 7.65. The van der Waals surface area contributed by atoms with E-state index in [0.717, 1.165) is 50.5 Å². The zero-order valence-electron chi connectivity index (χ0n) is 15.0. The second-order valence-electron chi connectivity index (χ2n) is 7.68. The van der Waals surface area contributed by atoms with Crippen molar-refractivity contribution in [2.45, 2.75) is 58.4 Å². The van der Waals surface area contributed by atoms with Gasteiger partial charge in [0.2, 0.25) is 5.91 Å². The number of amides is 1. The van der Waals surface area contributed by atoms with Gasteiger partial charge in [-0.3, -0.25) is 9.69 Å². The van der Waals surface area contributed by atoms with Crippen molar-refractivity contribution in [1.82, 2.24) is 20.2 Å². The van der Waals surface area contributed by atoms with Crippen molar-refractivity contribution < 1.29 is 4.79 Å². The van der Waals surface area contributed by atoms with Crippen molar-refractivity contribution in [2.24, 2.45) is 11.8 Å². The molecule has 3 rings (SSSR count). The number of aromatic nitrogens is 2. The van der Waals surface area contributed by atoms with Crippen LogP contribution in [0.4, 0.5) is 0 Å². The lowest BCUT2D eigenvalue weighted by molar-refractivity contribution is -0.127. The second-order valence-corrected chi connectivity index (χ2v) is 7.68. The van der Waals surface area contributed by atoms with Crippen LogP contribution in [0.1, 0.15) is 63.4 Å². The molecule has 0 radical (unpaired) electrons. The van der Waals surface area contributed by atoms with Crippen molar-refractivity contribution >= 4 is 5.91 Å². The quantitative estimate of drug-likeness (QED) is 0.871. The summed E-state index contributed by atoms with van der Waals surface area (Å²) in [4.78, 5) is 23.5. The van der Waals surface area contributed by atoms with E-state index >= 15 is 0 Å². The van der Waals surface area contributed by atoms with E-state index in [9.17, 15) is 4.79 Å². The third-order valence-corrected chi connectivity index (χ3v) is 5.28. The molecule has 132 valence electrons. The van der Waals surface area contributed by atoms with Gasteiger partial charge in [-0.15, -0.1) is 0 Å². The molecule has 1 atom stereocenters. The van der Waals surface area contributed by atoms with Crippen molar-refractivity contribution in [2.75, 3.05) is 19.6 Å². The first-order valence-electron chi connectivity index (χ1n) is 9.43. The van der Waals surface area contributed by atoms with Crippen LogP contribution in [0.3, 0.4) is 0 Å². The molecule has 1 saturated carbocycles. The lowest BCUT2D eigenvalue weighted by atomic mass is 9.84. The summed E-state index contributed by atoms with van der Waals surface area (Å²) in [7, 11) is 0. The molecular formula is C19H30N4O. The molecule has 1 aromatic rings. The van der Waals surface area contributed by atoms with E-state index in [1.54, 1.807) is 0 Å². The van der Waals surface area contributed by atoms with E-state index in [0.29, 0.717) is 17.8 Å². The van der Waals surface area contributed by atoms with E-state index in [2.05, 4.69) is 34.0 Å². The Morgan fingerprint density at radius 1 is 1.33 bits per heavy atom. The number of likely N-dealkylation sites (tertiary alicyclic amines) is 1. The molecule has 1 aromatic heterocycles. The molecule has 1 N–H and O–H groups in total. The van der Waals surface area contributed by atoms with Crippen LogP contribution >= 0.6 is 0 Å². The first-order chi connectivity index (χ1) is 11.6. The summed E-state index contributed by atoms with van der Waals surface area (Å²) in [5.74, 6) is 2.42. The fraction of sp³-hybridized carbons (Fsp3) is 0.737. The second kappa shape index (κ2) is 8.06. The molecule has 5 heteroatoms. The van der Waals surface area contributed by atoms with E-state index in [-0.39, 0.29) is 5.91 Å². The summed E-state index contributed by atoms with van der Waals surface area (Å²) < 4.78 is 0. The highest BCUT2D eigenvalue weighted by Crippen LogP contribution is 2.26. The van der Waals surface area contributed by atoms with Crippen LogP contribution in [0.2, 0.25) is 0 Å². The van der Waals surface area contributed by atoms with Crippen LogP contribution in [0.25, 0.3) is 0 Å². The van der Waals surface area contributed by atoms with Gasteiger partial charge in [0.25, 0.3) is 0 Å². The van der Waals surface area contributed by atoms with Gasteiger partial charge in [-0.1, -0.05) is 20.3 Å². The summed E-state index contributed by atoms with van der Waals surface area (Å²) in [6.45, 7) is 8.13. The Kier molecular flexibility index (Phi) is 5.82. The van der Waals surface area contributed by atoms with Gasteiger partial charge in [0.1, 0.15) is 5.82 Å². The van der Waals surface area contributed by atoms with Crippen LogP contribution in [-0.4, -0.2) is 40.4 Å². The number of hydrogen-bond donors (Lipinski definition) is 1. The predicted molar refractivity (Wildman–Crippen MR) is 94.5 cm³/mol. The van der Waals surface area contributed by atoms with Gasteiger partial charge < -0.3 is 5.32 Å². The van der Waals surface area contributed by atoms with E-state index in [4.69, 9.17) is 0 Å². The number of nitrogens with zero attached hydrogens (tertiary/aromatic N) is 3. The average molecular weight is 330 g/mol. The van der Waals surface area contributed by atoms with Crippen LogP contribution in [0, 0.1) is 11.8 Å². The van der Waals surface area contributed by atoms with E-state index < -0.39 is 0 Å². The Hall–Kier alpha value is -1.49. The van der Waals surface area contributed by atoms with Crippen LogP contribution in [0.15, 0.2) is 12.3 Å². The largest absolute Gasteiger partial charge is 0.356 e. The molecule has 0 spiro atoms. The minimum Gasteiger partial charge on any atom is -0.356 e. The molecule has 0 unspecified atom stereocenters. The third-order valence-electron chi connectivity index (χ3n) is 5.28. The molecular weight excluding hydrogens is 300 g/mol. The van der Waals surface area contributed by atoms with E-state index in [1.807, 2.05) is 12.3 Å². The fourth-order valence-corrected chi connectivity index (χ4v) is 3.53. The summed E-state index contributed by atoms with van der Waals surface area (Å²) in [5.41, 5.74) is 1.10. The Labute approximate surface area is 145 Å². The molecule has 24 heavy (non-hydrogen) atoms. The van der Waals surface area contributed by atoms with Gasteiger partial charge in [0, 0.05) is 37.7 Å². The topological polar surface area (TPSA) is 58.1 Å². The number of rotatable bonds is 6. The normalized spacial score (nSPS) is 22.4. The Bertz CT molecular complexity index is 556. The highest BCUT2D eigenvalue weighted by atomic mass is 16.1. The molecule has 0 aromatic carbocycles. The number of carbonyl (C=O) groups excluding carboxylic acids is 1. The van der Waals surface area contributed by atoms with Crippen LogP contribution in [-0.2, 0) is 11.3 Å². The number of carbonyl (C=O) groups is 1. The SMILES string of the molecule is CC(C)c1nccc(CN2CCC[C@@H](CNC(=O)C3CCC3)C2)n1. The highest BCUT2D eigenvalue weighted by molar-refractivity contribution is 5.79. The average Bonchev–Trinajstić information content (AvgIpc) is 2.52. The molecule has 1 aliphatic heterocycles. The molecule has 1 saturated heterocycles. The molecule has 2 aliphatic rings. The minimum atomic E-state index is 0.274. The Morgan fingerprint density at radius 3 is 2.88 bits per heavy atom. The van der Waals surface area contributed by atoms with Gasteiger partial charge in [-0.2, -0.15) is 0 Å². The monoisotopic (exact) mass is 330 g/mol. The summed E-state index contributed by atoms with van der Waals surface area (Å²) in [6, 6.07) is 2.02. The number of hydrogen-bond acceptors (Lipinski definition) is 4. The smallest absolute Gasteiger partial charge is 0.223 e. The first-order valence-corrected chi connectivity index (χ1v) is 9.43. The summed E-state index contributed by atoms with van der Waals surface area (Å²) >= 11 is 0. The highest BCUT2D eigenvalue weighted by Gasteiger charge is 2.26. The number of piperidine rings is 1. The van der Waals surface area contributed by atoms with Gasteiger partial charge in [0.15, 0.2) is 0 Å². The molecule has 2 fully saturated rings. The van der Waals surface area contributed by atoms with Crippen LogP contribution < -0.4 is 5.32 Å². The van der Waals surface area contributed by atoms with Crippen molar-refractivity contribution in [3.05, 3.63) is 23.8 Å². The minimum absolute atomic E-state index is 0.274.